The second-order valence-electron chi connectivity index (χ2n) is 8.04. The van der Waals surface area contributed by atoms with E-state index < -0.39 is 77.7 Å². The van der Waals surface area contributed by atoms with Gasteiger partial charge in [0.1, 0.15) is 12.6 Å². The van der Waals surface area contributed by atoms with Crippen LogP contribution in [0.25, 0.3) is 0 Å². The molecule has 2 aromatic rings. The molecule has 0 aromatic heterocycles. The van der Waals surface area contributed by atoms with E-state index in [1.165, 1.54) is 12.3 Å². The number of hydrogen-bond donors (Lipinski definition) is 2. The Hall–Kier alpha value is -3.80. The molecule has 0 saturated heterocycles. The molecule has 2 amide bonds. The van der Waals surface area contributed by atoms with Crippen LogP contribution in [0, 0.1) is 23.3 Å². The summed E-state index contributed by atoms with van der Waals surface area (Å²) >= 11 is 5.97. The van der Waals surface area contributed by atoms with Crippen molar-refractivity contribution in [1.29, 1.82) is 0 Å². The lowest BCUT2D eigenvalue weighted by atomic mass is 9.99. The van der Waals surface area contributed by atoms with Crippen molar-refractivity contribution in [2.24, 2.45) is 0 Å². The lowest BCUT2D eigenvalue weighted by Crippen LogP contribution is -2.52. The summed E-state index contributed by atoms with van der Waals surface area (Å²) in [6.45, 7) is 0.367. The van der Waals surface area contributed by atoms with Crippen LogP contribution < -0.4 is 10.1 Å². The number of amides is 2. The van der Waals surface area contributed by atoms with Gasteiger partial charge in [0, 0.05) is 17.5 Å². The third kappa shape index (κ3) is 6.13. The third-order valence-electron chi connectivity index (χ3n) is 5.58. The molecule has 0 unspecified atom stereocenters. The van der Waals surface area contributed by atoms with Gasteiger partial charge in [-0.15, -0.1) is 0 Å². The maximum absolute atomic E-state index is 13.8. The summed E-state index contributed by atoms with van der Waals surface area (Å²) in [6.07, 6.45) is 0.915. The number of Topliss-reactive ketones (excluding diaryl/α,β-unsaturated/α-hetero) is 1. The Morgan fingerprint density at radius 1 is 1.14 bits per heavy atom. The number of aliphatic carboxylic acids is 1. The molecular weight excluding hydrogens is 524 g/mol. The first kappa shape index (κ1) is 27.8. The number of rotatable bonds is 10. The van der Waals surface area contributed by atoms with Crippen molar-refractivity contribution in [1.82, 2.24) is 5.32 Å². The number of carbonyl (C=O) groups is 4. The zero-order chi connectivity index (χ0) is 27.4. The SMILES string of the molecule is CC[C@@H](C(=O)N[C@@H](CC(=O)O)C(=O)COc1c(F)c(F)cc(F)c1F)[N+]1=CCc2ccc(Cl)cc2C1=O. The first-order chi connectivity index (χ1) is 17.4. The summed E-state index contributed by atoms with van der Waals surface area (Å²) in [4.78, 5) is 49.9. The average Bonchev–Trinajstić information content (AvgIpc) is 2.84. The van der Waals surface area contributed by atoms with Gasteiger partial charge in [-0.3, -0.25) is 14.4 Å². The Kier molecular flexibility index (Phi) is 8.64. The minimum absolute atomic E-state index is 0.0526. The van der Waals surface area contributed by atoms with E-state index in [1.54, 1.807) is 19.1 Å². The van der Waals surface area contributed by atoms with Crippen LogP contribution in [0.2, 0.25) is 5.02 Å². The number of ether oxygens (including phenoxy) is 1. The van der Waals surface area contributed by atoms with E-state index in [2.05, 4.69) is 10.1 Å². The fourth-order valence-electron chi connectivity index (χ4n) is 3.73. The number of carbonyl (C=O) groups excluding carboxylic acids is 3. The fourth-order valence-corrected chi connectivity index (χ4v) is 3.90. The number of benzene rings is 2. The van der Waals surface area contributed by atoms with Crippen molar-refractivity contribution in [3.05, 3.63) is 63.7 Å². The van der Waals surface area contributed by atoms with Gasteiger partial charge < -0.3 is 15.2 Å². The molecule has 2 aromatic carbocycles. The molecule has 37 heavy (non-hydrogen) atoms. The monoisotopic (exact) mass is 543 g/mol. The van der Waals surface area contributed by atoms with E-state index in [1.807, 2.05) is 0 Å². The number of fused-ring (bicyclic) bond motifs is 1. The largest absolute Gasteiger partial charge is 0.481 e. The van der Waals surface area contributed by atoms with Gasteiger partial charge in [-0.1, -0.05) is 24.6 Å². The van der Waals surface area contributed by atoms with E-state index in [0.29, 0.717) is 17.0 Å². The molecule has 3 rings (SSSR count). The van der Waals surface area contributed by atoms with Gasteiger partial charge in [-0.2, -0.15) is 13.4 Å². The molecule has 0 spiro atoms. The van der Waals surface area contributed by atoms with Gasteiger partial charge in [-0.05, 0) is 17.7 Å². The van der Waals surface area contributed by atoms with Crippen molar-refractivity contribution < 1.29 is 51.2 Å². The molecule has 2 N–H and O–H groups in total. The van der Waals surface area contributed by atoms with Gasteiger partial charge in [0.2, 0.25) is 17.7 Å². The van der Waals surface area contributed by atoms with Gasteiger partial charge in [0.15, 0.2) is 29.4 Å². The molecule has 0 bridgehead atoms. The standard InChI is InChI=1S/C24H19ClF4N2O6/c1-2-17(31-6-5-11-3-4-12(25)7-13(11)24(31)36)23(35)30-16(9-19(33)34)18(32)10-37-22-20(28)14(26)8-15(27)21(22)29/h3-4,6-8,16-17H,2,5,9-10H2,1H3,(H-,30,33,34,35)/p+1/t16-,17-/m0/s1. The molecule has 0 radical (unpaired) electrons. The van der Waals surface area contributed by atoms with Crippen molar-refractivity contribution in [2.45, 2.75) is 38.3 Å². The number of hydrogen-bond acceptors (Lipinski definition) is 5. The highest BCUT2D eigenvalue weighted by molar-refractivity contribution is 6.31. The summed E-state index contributed by atoms with van der Waals surface area (Å²) in [5.41, 5.74) is 0.962. The van der Waals surface area contributed by atoms with Gasteiger partial charge in [0.05, 0.1) is 18.4 Å². The average molecular weight is 544 g/mol. The van der Waals surface area contributed by atoms with E-state index in [0.717, 1.165) is 4.58 Å². The fraction of sp³-hybridized carbons (Fsp3) is 0.292. The smallest absolute Gasteiger partial charge is 0.420 e. The molecule has 8 nitrogen and oxygen atoms in total. The Morgan fingerprint density at radius 2 is 1.78 bits per heavy atom. The molecular formula is C24H20ClF4N2O6+. The molecule has 0 aliphatic carbocycles. The van der Waals surface area contributed by atoms with Crippen LogP contribution in [-0.4, -0.2) is 58.2 Å². The number of carboxylic acid groups (broad SMARTS) is 1. The Bertz CT molecular complexity index is 1290. The first-order valence-corrected chi connectivity index (χ1v) is 11.3. The third-order valence-corrected chi connectivity index (χ3v) is 5.82. The number of nitrogens with zero attached hydrogens (tertiary/aromatic N) is 1. The van der Waals surface area contributed by atoms with Crippen LogP contribution in [0.5, 0.6) is 5.75 Å². The Morgan fingerprint density at radius 3 is 2.38 bits per heavy atom. The molecule has 1 aliphatic rings. The highest BCUT2D eigenvalue weighted by atomic mass is 35.5. The van der Waals surface area contributed by atoms with Gasteiger partial charge >= 0.3 is 11.9 Å². The molecule has 0 saturated carbocycles. The maximum Gasteiger partial charge on any atom is 0.420 e. The number of ketones is 1. The van der Waals surface area contributed by atoms with Gasteiger partial charge in [-0.25, -0.2) is 13.6 Å². The van der Waals surface area contributed by atoms with Crippen molar-refractivity contribution in [2.75, 3.05) is 6.61 Å². The summed E-state index contributed by atoms with van der Waals surface area (Å²) in [7, 11) is 0. The second kappa shape index (κ2) is 11.5. The molecule has 2 atom stereocenters. The van der Waals surface area contributed by atoms with Crippen LogP contribution in [-0.2, 0) is 20.8 Å². The maximum atomic E-state index is 13.8. The lowest BCUT2D eigenvalue weighted by Gasteiger charge is -2.21. The van der Waals surface area contributed by atoms with Crippen LogP contribution in [0.3, 0.4) is 0 Å². The summed E-state index contributed by atoms with van der Waals surface area (Å²) in [5, 5.41) is 11.7. The molecule has 196 valence electrons. The minimum Gasteiger partial charge on any atom is -0.481 e. The van der Waals surface area contributed by atoms with E-state index >= 15 is 0 Å². The first-order valence-electron chi connectivity index (χ1n) is 10.9. The number of nitrogens with one attached hydrogen (secondary N) is 1. The highest BCUT2D eigenvalue weighted by Crippen LogP contribution is 2.26. The number of carboxylic acids is 1. The van der Waals surface area contributed by atoms with Crippen molar-refractivity contribution in [3.8, 4) is 5.75 Å². The predicted octanol–water partition coefficient (Wildman–Crippen LogP) is 3.06. The summed E-state index contributed by atoms with van der Waals surface area (Å²) in [6, 6.07) is 1.79. The Labute approximate surface area is 212 Å². The summed E-state index contributed by atoms with van der Waals surface area (Å²) < 4.78 is 60.1. The normalized spacial score (nSPS) is 14.3. The molecule has 0 fully saturated rings. The van der Waals surface area contributed by atoms with Crippen LogP contribution in [0.4, 0.5) is 17.6 Å². The zero-order valence-corrected chi connectivity index (χ0v) is 20.0. The zero-order valence-electron chi connectivity index (χ0n) is 19.2. The molecule has 13 heteroatoms. The van der Waals surface area contributed by atoms with Crippen molar-refractivity contribution in [3.63, 3.8) is 0 Å². The molecule has 1 aliphatic heterocycles. The Balaban J connectivity index is 1.77. The quantitative estimate of drug-likeness (QED) is 0.271. The number of halogens is 5. The minimum atomic E-state index is -1.89. The lowest BCUT2D eigenvalue weighted by molar-refractivity contribution is -0.456. The van der Waals surface area contributed by atoms with E-state index in [4.69, 9.17) is 16.7 Å². The van der Waals surface area contributed by atoms with E-state index in [9.17, 15) is 36.7 Å². The van der Waals surface area contributed by atoms with Crippen LogP contribution >= 0.6 is 11.6 Å². The highest BCUT2D eigenvalue weighted by Gasteiger charge is 2.39. The van der Waals surface area contributed by atoms with Crippen LogP contribution in [0.15, 0.2) is 24.3 Å². The predicted molar refractivity (Wildman–Crippen MR) is 121 cm³/mol. The van der Waals surface area contributed by atoms with Crippen molar-refractivity contribution >= 4 is 41.4 Å². The second-order valence-corrected chi connectivity index (χ2v) is 8.47. The molecule has 1 heterocycles. The summed E-state index contributed by atoms with van der Waals surface area (Å²) in [5.74, 6) is -12.9. The van der Waals surface area contributed by atoms with Gasteiger partial charge in [0.25, 0.3) is 5.91 Å². The topological polar surface area (TPSA) is 113 Å². The van der Waals surface area contributed by atoms with E-state index in [-0.39, 0.29) is 18.1 Å². The van der Waals surface area contributed by atoms with Crippen LogP contribution in [0.1, 0.15) is 35.7 Å².